The van der Waals surface area contributed by atoms with Crippen molar-refractivity contribution < 1.29 is 19.2 Å². The number of rotatable bonds is 7. The lowest BCUT2D eigenvalue weighted by molar-refractivity contribution is -0.885. The molecule has 0 aliphatic carbocycles. The number of para-hydroxylation sites is 1. The van der Waals surface area contributed by atoms with Crippen molar-refractivity contribution in [2.75, 3.05) is 33.1 Å². The molecule has 0 aromatic heterocycles. The Bertz CT molecular complexity index is 706. The van der Waals surface area contributed by atoms with Gasteiger partial charge in [0.1, 0.15) is 18.0 Å². The largest absolute Gasteiger partial charge is 0.497 e. The van der Waals surface area contributed by atoms with Gasteiger partial charge in [0.2, 0.25) is 0 Å². The summed E-state index contributed by atoms with van der Waals surface area (Å²) in [5, 5.41) is 2.92. The molecular weight excluding hydrogens is 372 g/mol. The molecular formula is C18H22BrN2O3+. The van der Waals surface area contributed by atoms with Crippen molar-refractivity contribution in [1.29, 1.82) is 0 Å². The molecule has 0 heterocycles. The van der Waals surface area contributed by atoms with Crippen LogP contribution in [0.25, 0.3) is 0 Å². The second-order valence-corrected chi connectivity index (χ2v) is 6.37. The number of benzene rings is 2. The highest BCUT2D eigenvalue weighted by Crippen LogP contribution is 2.24. The van der Waals surface area contributed by atoms with E-state index in [1.54, 1.807) is 14.2 Å². The lowest BCUT2D eigenvalue weighted by atomic mass is 10.2. The van der Waals surface area contributed by atoms with E-state index in [1.165, 1.54) is 0 Å². The molecule has 2 rings (SSSR count). The van der Waals surface area contributed by atoms with Gasteiger partial charge in [-0.2, -0.15) is 0 Å². The van der Waals surface area contributed by atoms with Crippen LogP contribution in [0.15, 0.2) is 46.9 Å². The van der Waals surface area contributed by atoms with Crippen molar-refractivity contribution in [3.8, 4) is 11.5 Å². The molecule has 0 fully saturated rings. The minimum Gasteiger partial charge on any atom is -0.497 e. The number of anilines is 1. The van der Waals surface area contributed by atoms with Gasteiger partial charge in [0.15, 0.2) is 6.54 Å². The minimum absolute atomic E-state index is 0.0353. The first-order valence-electron chi connectivity index (χ1n) is 7.60. The van der Waals surface area contributed by atoms with Gasteiger partial charge in [-0.3, -0.25) is 4.79 Å². The maximum atomic E-state index is 12.2. The summed E-state index contributed by atoms with van der Waals surface area (Å²) in [6.07, 6.45) is 0. The van der Waals surface area contributed by atoms with E-state index in [4.69, 9.17) is 9.47 Å². The number of nitrogens with one attached hydrogen (secondary N) is 2. The van der Waals surface area contributed by atoms with Crippen LogP contribution in [0.5, 0.6) is 11.5 Å². The van der Waals surface area contributed by atoms with Gasteiger partial charge < -0.3 is 19.7 Å². The zero-order valence-corrected chi connectivity index (χ0v) is 15.6. The molecule has 2 N–H and O–H groups in total. The SMILES string of the molecule is COc1ccc(C[NH+](C)CC(=O)Nc2ccccc2Br)c(OC)c1. The van der Waals surface area contributed by atoms with Crippen LogP contribution in [0.2, 0.25) is 0 Å². The van der Waals surface area contributed by atoms with Crippen LogP contribution in [0.4, 0.5) is 5.69 Å². The van der Waals surface area contributed by atoms with Gasteiger partial charge in [0.25, 0.3) is 5.91 Å². The first-order chi connectivity index (χ1) is 11.5. The number of carbonyl (C=O) groups is 1. The van der Waals surface area contributed by atoms with Gasteiger partial charge in [-0.15, -0.1) is 0 Å². The number of halogens is 1. The van der Waals surface area contributed by atoms with Crippen molar-refractivity contribution in [2.45, 2.75) is 6.54 Å². The Hall–Kier alpha value is -2.05. The Balaban J connectivity index is 1.96. The van der Waals surface area contributed by atoms with Crippen LogP contribution in [-0.2, 0) is 11.3 Å². The molecule has 0 saturated carbocycles. The zero-order valence-electron chi connectivity index (χ0n) is 14.1. The summed E-state index contributed by atoms with van der Waals surface area (Å²) in [6.45, 7) is 1.03. The van der Waals surface area contributed by atoms with Crippen molar-refractivity contribution >= 4 is 27.5 Å². The minimum atomic E-state index is -0.0353. The molecule has 1 unspecified atom stereocenters. The average Bonchev–Trinajstić information content (AvgIpc) is 2.57. The molecule has 2 aromatic rings. The monoisotopic (exact) mass is 393 g/mol. The molecule has 2 aromatic carbocycles. The lowest BCUT2D eigenvalue weighted by Gasteiger charge is -2.16. The van der Waals surface area contributed by atoms with E-state index in [0.29, 0.717) is 13.1 Å². The first-order valence-corrected chi connectivity index (χ1v) is 8.39. The highest BCUT2D eigenvalue weighted by Gasteiger charge is 2.14. The van der Waals surface area contributed by atoms with Crippen LogP contribution in [-0.4, -0.2) is 33.7 Å². The second-order valence-electron chi connectivity index (χ2n) is 5.52. The Labute approximate surface area is 150 Å². The summed E-state index contributed by atoms with van der Waals surface area (Å²) in [4.78, 5) is 13.3. The molecule has 128 valence electrons. The third-order valence-corrected chi connectivity index (χ3v) is 4.29. The summed E-state index contributed by atoms with van der Waals surface area (Å²) in [5.41, 5.74) is 1.81. The first kappa shape index (κ1) is 18.3. The van der Waals surface area contributed by atoms with Crippen LogP contribution in [0, 0.1) is 0 Å². The third-order valence-electron chi connectivity index (χ3n) is 3.60. The number of ether oxygens (including phenoxy) is 2. The van der Waals surface area contributed by atoms with E-state index in [0.717, 1.165) is 32.1 Å². The number of methoxy groups -OCH3 is 2. The smallest absolute Gasteiger partial charge is 0.279 e. The molecule has 0 saturated heterocycles. The molecule has 0 spiro atoms. The zero-order chi connectivity index (χ0) is 17.5. The van der Waals surface area contributed by atoms with Crippen molar-refractivity contribution in [3.63, 3.8) is 0 Å². The van der Waals surface area contributed by atoms with Gasteiger partial charge in [0.05, 0.1) is 27.0 Å². The molecule has 0 radical (unpaired) electrons. The van der Waals surface area contributed by atoms with E-state index >= 15 is 0 Å². The van der Waals surface area contributed by atoms with Gasteiger partial charge in [-0.05, 0) is 40.2 Å². The molecule has 0 aliphatic heterocycles. The van der Waals surface area contributed by atoms with Gasteiger partial charge in [-0.25, -0.2) is 0 Å². The Morgan fingerprint density at radius 2 is 1.92 bits per heavy atom. The topological polar surface area (TPSA) is 52.0 Å². The van der Waals surface area contributed by atoms with Gasteiger partial charge in [-0.1, -0.05) is 12.1 Å². The second kappa shape index (κ2) is 8.70. The Kier molecular flexibility index (Phi) is 6.63. The maximum Gasteiger partial charge on any atom is 0.279 e. The number of hydrogen-bond acceptors (Lipinski definition) is 3. The molecule has 0 bridgehead atoms. The van der Waals surface area contributed by atoms with Gasteiger partial charge in [0, 0.05) is 16.1 Å². The number of carbonyl (C=O) groups excluding carboxylic acids is 1. The summed E-state index contributed by atoms with van der Waals surface area (Å²) >= 11 is 3.43. The van der Waals surface area contributed by atoms with E-state index < -0.39 is 0 Å². The normalized spacial score (nSPS) is 11.7. The summed E-state index contributed by atoms with van der Waals surface area (Å²) in [5.74, 6) is 1.48. The third kappa shape index (κ3) is 4.97. The molecule has 5 nitrogen and oxygen atoms in total. The van der Waals surface area contributed by atoms with E-state index in [1.807, 2.05) is 49.5 Å². The summed E-state index contributed by atoms with van der Waals surface area (Å²) in [7, 11) is 5.23. The van der Waals surface area contributed by atoms with E-state index in [2.05, 4.69) is 21.2 Å². The molecule has 6 heteroatoms. The maximum absolute atomic E-state index is 12.2. The molecule has 1 amide bonds. The highest BCUT2D eigenvalue weighted by molar-refractivity contribution is 9.10. The predicted octanol–water partition coefficient (Wildman–Crippen LogP) is 2.12. The lowest BCUT2D eigenvalue weighted by Crippen LogP contribution is -3.08. The van der Waals surface area contributed by atoms with Crippen LogP contribution in [0.1, 0.15) is 5.56 Å². The Morgan fingerprint density at radius 1 is 1.17 bits per heavy atom. The van der Waals surface area contributed by atoms with Crippen LogP contribution in [0.3, 0.4) is 0 Å². The quantitative estimate of drug-likeness (QED) is 0.757. The average molecular weight is 394 g/mol. The molecule has 1 atom stereocenters. The number of amides is 1. The Morgan fingerprint density at radius 3 is 2.58 bits per heavy atom. The fourth-order valence-corrected chi connectivity index (χ4v) is 2.80. The fourth-order valence-electron chi connectivity index (χ4n) is 2.42. The van der Waals surface area contributed by atoms with E-state index in [9.17, 15) is 4.79 Å². The van der Waals surface area contributed by atoms with Crippen LogP contribution < -0.4 is 19.7 Å². The van der Waals surface area contributed by atoms with Crippen molar-refractivity contribution in [1.82, 2.24) is 0 Å². The van der Waals surface area contributed by atoms with Gasteiger partial charge >= 0.3 is 0 Å². The standard InChI is InChI=1S/C18H21BrN2O3/c1-21(11-13-8-9-14(23-2)10-17(13)24-3)12-18(22)20-16-7-5-4-6-15(16)19/h4-10H,11-12H2,1-3H3,(H,20,22)/p+1. The number of quaternary nitrogens is 1. The number of likely N-dealkylation sites (N-methyl/N-ethyl adjacent to an activating group) is 1. The predicted molar refractivity (Wildman–Crippen MR) is 97.8 cm³/mol. The fraction of sp³-hybridized carbons (Fsp3) is 0.278. The van der Waals surface area contributed by atoms with Crippen molar-refractivity contribution in [3.05, 3.63) is 52.5 Å². The summed E-state index contributed by atoms with van der Waals surface area (Å²) in [6, 6.07) is 13.3. The molecule has 24 heavy (non-hydrogen) atoms. The van der Waals surface area contributed by atoms with Crippen LogP contribution >= 0.6 is 15.9 Å². The number of hydrogen-bond donors (Lipinski definition) is 2. The highest BCUT2D eigenvalue weighted by atomic mass is 79.9. The summed E-state index contributed by atoms with van der Waals surface area (Å²) < 4.78 is 11.5. The molecule has 0 aliphatic rings. The van der Waals surface area contributed by atoms with Crippen molar-refractivity contribution in [2.24, 2.45) is 0 Å². The van der Waals surface area contributed by atoms with E-state index in [-0.39, 0.29) is 5.91 Å².